The molecular weight excluding hydrogens is 238 g/mol. The van der Waals surface area contributed by atoms with Crippen LogP contribution in [0.3, 0.4) is 0 Å². The quantitative estimate of drug-likeness (QED) is 0.606. The molecular formula is C10H15N5O3. The van der Waals surface area contributed by atoms with E-state index in [4.69, 9.17) is 10.5 Å². The largest absolute Gasteiger partial charge is 0.378 e. The lowest BCUT2D eigenvalue weighted by atomic mass is 10.2. The zero-order chi connectivity index (χ0) is 13.3. The zero-order valence-corrected chi connectivity index (χ0v) is 10.2. The van der Waals surface area contributed by atoms with Gasteiger partial charge >= 0.3 is 5.69 Å². The standard InChI is InChI=1S/C10H15N5O3/c1-6-3-14(4-7(2)18-6)10-8(15(16)17)9(11)12-5-13-10/h5-7H,3-4H2,1-2H3,(H2,11,12,13). The summed E-state index contributed by atoms with van der Waals surface area (Å²) in [5.41, 5.74) is 5.31. The van der Waals surface area contributed by atoms with E-state index in [0.717, 1.165) is 0 Å². The number of hydrogen-bond donors (Lipinski definition) is 1. The minimum absolute atomic E-state index is 0.00968. The van der Waals surface area contributed by atoms with Gasteiger partial charge in [0.15, 0.2) is 0 Å². The van der Waals surface area contributed by atoms with Gasteiger partial charge in [-0.3, -0.25) is 10.1 Å². The van der Waals surface area contributed by atoms with Crippen LogP contribution in [-0.2, 0) is 4.74 Å². The second-order valence-electron chi connectivity index (χ2n) is 4.35. The van der Waals surface area contributed by atoms with Gasteiger partial charge in [0.1, 0.15) is 6.33 Å². The van der Waals surface area contributed by atoms with E-state index in [2.05, 4.69) is 9.97 Å². The number of nitrogen functional groups attached to an aromatic ring is 1. The predicted molar refractivity (Wildman–Crippen MR) is 65.3 cm³/mol. The highest BCUT2D eigenvalue weighted by Gasteiger charge is 2.30. The third kappa shape index (κ3) is 2.33. The van der Waals surface area contributed by atoms with E-state index in [1.165, 1.54) is 6.33 Å². The van der Waals surface area contributed by atoms with Crippen molar-refractivity contribution in [2.45, 2.75) is 26.1 Å². The Morgan fingerprint density at radius 1 is 1.44 bits per heavy atom. The van der Waals surface area contributed by atoms with Crippen LogP contribution in [0.5, 0.6) is 0 Å². The van der Waals surface area contributed by atoms with Gasteiger partial charge in [-0.2, -0.15) is 0 Å². The molecule has 2 atom stereocenters. The Hall–Kier alpha value is -1.96. The Morgan fingerprint density at radius 3 is 2.61 bits per heavy atom. The van der Waals surface area contributed by atoms with Gasteiger partial charge in [-0.1, -0.05) is 0 Å². The molecule has 0 aromatic carbocycles. The lowest BCUT2D eigenvalue weighted by Gasteiger charge is -2.35. The number of anilines is 2. The van der Waals surface area contributed by atoms with Gasteiger partial charge in [0.2, 0.25) is 11.6 Å². The maximum absolute atomic E-state index is 11.0. The minimum Gasteiger partial charge on any atom is -0.378 e. The molecule has 1 aliphatic heterocycles. The number of rotatable bonds is 2. The monoisotopic (exact) mass is 253 g/mol. The second-order valence-corrected chi connectivity index (χ2v) is 4.35. The van der Waals surface area contributed by atoms with E-state index in [1.54, 1.807) is 0 Å². The summed E-state index contributed by atoms with van der Waals surface area (Å²) in [4.78, 5) is 20.0. The molecule has 1 aromatic heterocycles. The molecule has 0 saturated carbocycles. The van der Waals surface area contributed by atoms with Crippen molar-refractivity contribution in [1.82, 2.24) is 9.97 Å². The SMILES string of the molecule is CC1CN(c2ncnc(N)c2[N+](=O)[O-])CC(C)O1. The fraction of sp³-hybridized carbons (Fsp3) is 0.600. The number of hydrogen-bond acceptors (Lipinski definition) is 7. The van der Waals surface area contributed by atoms with Crippen LogP contribution in [0.2, 0.25) is 0 Å². The van der Waals surface area contributed by atoms with Crippen molar-refractivity contribution in [3.05, 3.63) is 16.4 Å². The van der Waals surface area contributed by atoms with Crippen molar-refractivity contribution < 1.29 is 9.66 Å². The summed E-state index contributed by atoms with van der Waals surface area (Å²) in [7, 11) is 0. The molecule has 1 saturated heterocycles. The Bertz CT molecular complexity index is 457. The summed E-state index contributed by atoms with van der Waals surface area (Å²) < 4.78 is 5.58. The fourth-order valence-electron chi connectivity index (χ4n) is 2.14. The summed E-state index contributed by atoms with van der Waals surface area (Å²) in [6.07, 6.45) is 1.22. The molecule has 0 amide bonds. The molecule has 2 heterocycles. The molecule has 18 heavy (non-hydrogen) atoms. The molecule has 1 aliphatic rings. The molecule has 2 N–H and O–H groups in total. The molecule has 8 heteroatoms. The van der Waals surface area contributed by atoms with E-state index in [9.17, 15) is 10.1 Å². The van der Waals surface area contributed by atoms with Crippen molar-refractivity contribution in [3.63, 3.8) is 0 Å². The maximum atomic E-state index is 11.0. The molecule has 0 aliphatic carbocycles. The normalized spacial score (nSPS) is 24.0. The van der Waals surface area contributed by atoms with Gasteiger partial charge in [0.25, 0.3) is 0 Å². The van der Waals surface area contributed by atoms with Crippen molar-refractivity contribution in [3.8, 4) is 0 Å². The third-order valence-electron chi connectivity index (χ3n) is 2.73. The molecule has 0 spiro atoms. The van der Waals surface area contributed by atoms with Crippen LogP contribution in [0.1, 0.15) is 13.8 Å². The van der Waals surface area contributed by atoms with Gasteiger partial charge in [-0.25, -0.2) is 9.97 Å². The predicted octanol–water partition coefficient (Wildman–Crippen LogP) is 0.581. The van der Waals surface area contributed by atoms with E-state index in [1.807, 2.05) is 18.7 Å². The second kappa shape index (κ2) is 4.73. The number of ether oxygens (including phenoxy) is 1. The van der Waals surface area contributed by atoms with E-state index in [-0.39, 0.29) is 29.5 Å². The van der Waals surface area contributed by atoms with Gasteiger partial charge in [0.05, 0.1) is 17.1 Å². The van der Waals surface area contributed by atoms with Crippen LogP contribution in [0.4, 0.5) is 17.3 Å². The summed E-state index contributed by atoms with van der Waals surface area (Å²) in [6, 6.07) is 0. The molecule has 2 rings (SSSR count). The molecule has 1 aromatic rings. The summed E-state index contributed by atoms with van der Waals surface area (Å²) in [6.45, 7) is 4.92. The highest BCUT2D eigenvalue weighted by atomic mass is 16.6. The van der Waals surface area contributed by atoms with Crippen LogP contribution in [0, 0.1) is 10.1 Å². The van der Waals surface area contributed by atoms with Crippen LogP contribution >= 0.6 is 0 Å². The highest BCUT2D eigenvalue weighted by Crippen LogP contribution is 2.31. The van der Waals surface area contributed by atoms with Crippen molar-refractivity contribution in [2.75, 3.05) is 23.7 Å². The average molecular weight is 253 g/mol. The molecule has 1 fully saturated rings. The summed E-state index contributed by atoms with van der Waals surface area (Å²) in [5, 5.41) is 11.0. The van der Waals surface area contributed by atoms with E-state index < -0.39 is 4.92 Å². The fourth-order valence-corrected chi connectivity index (χ4v) is 2.14. The lowest BCUT2D eigenvalue weighted by molar-refractivity contribution is -0.383. The number of morpholine rings is 1. The first-order chi connectivity index (χ1) is 8.49. The average Bonchev–Trinajstić information content (AvgIpc) is 2.26. The smallest absolute Gasteiger partial charge is 0.353 e. The first kappa shape index (κ1) is 12.5. The van der Waals surface area contributed by atoms with Crippen molar-refractivity contribution in [2.24, 2.45) is 0 Å². The van der Waals surface area contributed by atoms with Crippen LogP contribution in [0.15, 0.2) is 6.33 Å². The molecule has 0 radical (unpaired) electrons. The topological polar surface area (TPSA) is 107 Å². The minimum atomic E-state index is -0.546. The first-order valence-electron chi connectivity index (χ1n) is 5.64. The van der Waals surface area contributed by atoms with Crippen LogP contribution < -0.4 is 10.6 Å². The van der Waals surface area contributed by atoms with Crippen LogP contribution in [-0.4, -0.2) is 40.2 Å². The number of nitrogens with two attached hydrogens (primary N) is 1. The molecule has 2 unspecified atom stereocenters. The Kier molecular flexibility index (Phi) is 3.28. The van der Waals surface area contributed by atoms with Crippen LogP contribution in [0.25, 0.3) is 0 Å². The summed E-state index contributed by atoms with van der Waals surface area (Å²) >= 11 is 0. The van der Waals surface area contributed by atoms with Gasteiger partial charge in [-0.05, 0) is 13.8 Å². The number of nitrogens with zero attached hydrogens (tertiary/aromatic N) is 4. The number of nitro groups is 1. The molecule has 0 bridgehead atoms. The highest BCUT2D eigenvalue weighted by molar-refractivity contribution is 5.68. The first-order valence-corrected chi connectivity index (χ1v) is 5.64. The Labute approximate surface area is 104 Å². The zero-order valence-electron chi connectivity index (χ0n) is 10.2. The molecule has 8 nitrogen and oxygen atoms in total. The lowest BCUT2D eigenvalue weighted by Crippen LogP contribution is -2.46. The van der Waals surface area contributed by atoms with Gasteiger partial charge < -0.3 is 15.4 Å². The Morgan fingerprint density at radius 2 is 2.06 bits per heavy atom. The Balaban J connectivity index is 2.38. The summed E-state index contributed by atoms with van der Waals surface area (Å²) in [5.74, 6) is 0.145. The van der Waals surface area contributed by atoms with E-state index in [0.29, 0.717) is 13.1 Å². The van der Waals surface area contributed by atoms with E-state index >= 15 is 0 Å². The number of aromatic nitrogens is 2. The van der Waals surface area contributed by atoms with Gasteiger partial charge in [-0.15, -0.1) is 0 Å². The van der Waals surface area contributed by atoms with Crippen molar-refractivity contribution in [1.29, 1.82) is 0 Å². The molecule has 98 valence electrons. The van der Waals surface area contributed by atoms with Gasteiger partial charge in [0, 0.05) is 13.1 Å². The third-order valence-corrected chi connectivity index (χ3v) is 2.73. The maximum Gasteiger partial charge on any atom is 0.353 e. The van der Waals surface area contributed by atoms with Crippen molar-refractivity contribution >= 4 is 17.3 Å².